The minimum Gasteiger partial charge on any atom is -0.369 e. The Morgan fingerprint density at radius 3 is 2.83 bits per heavy atom. The van der Waals surface area contributed by atoms with Gasteiger partial charge in [0.1, 0.15) is 11.5 Å². The Bertz CT molecular complexity index is 493. The smallest absolute Gasteiger partial charge is 0.271 e. The molecule has 0 aliphatic carbocycles. The molecular formula is C11H14N6O. The molecule has 7 heteroatoms. The van der Waals surface area contributed by atoms with Gasteiger partial charge in [0.15, 0.2) is 0 Å². The highest BCUT2D eigenvalue weighted by Crippen LogP contribution is 2.01. The number of hydrogen-bond acceptors (Lipinski definition) is 5. The minimum atomic E-state index is -0.258. The van der Waals surface area contributed by atoms with Gasteiger partial charge >= 0.3 is 0 Å². The first-order chi connectivity index (χ1) is 8.79. The molecule has 0 aliphatic rings. The highest BCUT2D eigenvalue weighted by atomic mass is 16.1. The fourth-order valence-corrected chi connectivity index (χ4v) is 1.36. The van der Waals surface area contributed by atoms with Gasteiger partial charge in [0.25, 0.3) is 5.91 Å². The first-order valence-electron chi connectivity index (χ1n) is 5.61. The Kier molecular flexibility index (Phi) is 3.85. The molecule has 0 atom stereocenters. The number of carbonyl (C=O) groups excluding carboxylic acids is 1. The number of anilines is 1. The van der Waals surface area contributed by atoms with Gasteiger partial charge in [-0.3, -0.25) is 9.89 Å². The number of carbonyl (C=O) groups is 1. The lowest BCUT2D eigenvalue weighted by Crippen LogP contribution is -2.23. The zero-order chi connectivity index (χ0) is 12.8. The second-order valence-corrected chi connectivity index (χ2v) is 3.61. The van der Waals surface area contributed by atoms with Crippen molar-refractivity contribution < 1.29 is 4.79 Å². The van der Waals surface area contributed by atoms with Gasteiger partial charge in [-0.1, -0.05) is 0 Å². The number of rotatable bonds is 5. The third kappa shape index (κ3) is 3.03. The zero-order valence-electron chi connectivity index (χ0n) is 9.97. The quantitative estimate of drug-likeness (QED) is 0.716. The van der Waals surface area contributed by atoms with Gasteiger partial charge in [0, 0.05) is 24.8 Å². The Hall–Kier alpha value is -2.44. The Balaban J connectivity index is 1.92. The Labute approximate surface area is 104 Å². The zero-order valence-corrected chi connectivity index (χ0v) is 9.97. The number of hydrogen-bond donors (Lipinski definition) is 3. The van der Waals surface area contributed by atoms with Crippen molar-refractivity contribution in [2.75, 3.05) is 11.9 Å². The number of aromatic nitrogens is 4. The molecule has 7 nitrogen and oxygen atoms in total. The summed E-state index contributed by atoms with van der Waals surface area (Å²) in [5, 5.41) is 12.2. The molecule has 1 amide bonds. The summed E-state index contributed by atoms with van der Waals surface area (Å²) in [6.45, 7) is 3.14. The maximum Gasteiger partial charge on any atom is 0.271 e. The first kappa shape index (κ1) is 12.0. The summed E-state index contributed by atoms with van der Waals surface area (Å²) < 4.78 is 0. The summed E-state index contributed by atoms with van der Waals surface area (Å²) >= 11 is 0. The molecule has 3 N–H and O–H groups in total. The molecule has 0 fully saturated rings. The number of aromatic amines is 1. The predicted octanol–water partition coefficient (Wildman–Crippen LogP) is 0.561. The maximum absolute atomic E-state index is 11.7. The van der Waals surface area contributed by atoms with Crippen LogP contribution in [0, 0.1) is 0 Å². The predicted molar refractivity (Wildman–Crippen MR) is 66.0 cm³/mol. The van der Waals surface area contributed by atoms with E-state index in [-0.39, 0.29) is 5.91 Å². The van der Waals surface area contributed by atoms with E-state index in [0.29, 0.717) is 18.1 Å². The summed E-state index contributed by atoms with van der Waals surface area (Å²) in [7, 11) is 0. The summed E-state index contributed by atoms with van der Waals surface area (Å²) in [6, 6.07) is 0. The van der Waals surface area contributed by atoms with Crippen molar-refractivity contribution in [1.82, 2.24) is 25.5 Å². The normalized spacial score (nSPS) is 10.1. The average Bonchev–Trinajstić information content (AvgIpc) is 2.90. The molecule has 94 valence electrons. The van der Waals surface area contributed by atoms with E-state index in [1.165, 1.54) is 12.4 Å². The highest BCUT2D eigenvalue weighted by molar-refractivity contribution is 5.91. The fraction of sp³-hybridized carbons (Fsp3) is 0.273. The lowest BCUT2D eigenvalue weighted by atomic mass is 10.3. The van der Waals surface area contributed by atoms with Crippen LogP contribution in [-0.4, -0.2) is 32.6 Å². The van der Waals surface area contributed by atoms with Gasteiger partial charge in [0.05, 0.1) is 18.6 Å². The van der Waals surface area contributed by atoms with E-state index in [2.05, 4.69) is 30.8 Å². The molecule has 2 aromatic rings. The molecule has 2 rings (SSSR count). The van der Waals surface area contributed by atoms with Crippen molar-refractivity contribution in [1.29, 1.82) is 0 Å². The molecule has 0 bridgehead atoms. The van der Waals surface area contributed by atoms with E-state index in [0.717, 1.165) is 12.1 Å². The van der Waals surface area contributed by atoms with Gasteiger partial charge < -0.3 is 10.6 Å². The average molecular weight is 246 g/mol. The summed E-state index contributed by atoms with van der Waals surface area (Å²) in [5.74, 6) is 0.399. The summed E-state index contributed by atoms with van der Waals surface area (Å²) in [4.78, 5) is 19.9. The van der Waals surface area contributed by atoms with Crippen LogP contribution in [0.25, 0.3) is 0 Å². The topological polar surface area (TPSA) is 95.6 Å². The molecule has 0 unspecified atom stereocenters. The van der Waals surface area contributed by atoms with Crippen LogP contribution in [0.4, 0.5) is 5.82 Å². The Morgan fingerprint density at radius 1 is 1.33 bits per heavy atom. The molecule has 18 heavy (non-hydrogen) atoms. The van der Waals surface area contributed by atoms with Crippen LogP contribution in [0.5, 0.6) is 0 Å². The molecular weight excluding hydrogens is 232 g/mol. The second-order valence-electron chi connectivity index (χ2n) is 3.61. The van der Waals surface area contributed by atoms with E-state index in [9.17, 15) is 4.79 Å². The van der Waals surface area contributed by atoms with Crippen molar-refractivity contribution in [2.24, 2.45) is 0 Å². The lowest BCUT2D eigenvalue weighted by molar-refractivity contribution is 0.0945. The van der Waals surface area contributed by atoms with Crippen molar-refractivity contribution in [2.45, 2.75) is 13.5 Å². The largest absolute Gasteiger partial charge is 0.369 e. The standard InChI is InChI=1S/C11H14N6O/c1-2-12-10-7-13-9(6-14-10)11(18)15-3-8-4-16-17-5-8/h4-7H,2-3H2,1H3,(H,12,14)(H,15,18)(H,16,17). The van der Waals surface area contributed by atoms with Crippen molar-refractivity contribution in [3.63, 3.8) is 0 Å². The van der Waals surface area contributed by atoms with Crippen LogP contribution >= 0.6 is 0 Å². The van der Waals surface area contributed by atoms with Crippen molar-refractivity contribution in [3.8, 4) is 0 Å². The molecule has 0 spiro atoms. The minimum absolute atomic E-state index is 0.258. The van der Waals surface area contributed by atoms with Crippen molar-refractivity contribution in [3.05, 3.63) is 36.0 Å². The fourth-order valence-electron chi connectivity index (χ4n) is 1.36. The van der Waals surface area contributed by atoms with Crippen LogP contribution < -0.4 is 10.6 Å². The van der Waals surface area contributed by atoms with Crippen LogP contribution in [0.15, 0.2) is 24.8 Å². The van der Waals surface area contributed by atoms with E-state index >= 15 is 0 Å². The molecule has 2 aromatic heterocycles. The number of nitrogens with zero attached hydrogens (tertiary/aromatic N) is 3. The number of amides is 1. The molecule has 0 saturated heterocycles. The highest BCUT2D eigenvalue weighted by Gasteiger charge is 2.07. The van der Waals surface area contributed by atoms with Crippen LogP contribution in [0.1, 0.15) is 23.0 Å². The third-order valence-electron chi connectivity index (χ3n) is 2.25. The molecule has 0 radical (unpaired) electrons. The summed E-state index contributed by atoms with van der Waals surface area (Å²) in [6.07, 6.45) is 6.36. The SMILES string of the molecule is CCNc1cnc(C(=O)NCc2cn[nH]c2)cn1. The monoisotopic (exact) mass is 246 g/mol. The van der Waals surface area contributed by atoms with E-state index in [1.54, 1.807) is 12.4 Å². The van der Waals surface area contributed by atoms with Gasteiger partial charge in [-0.05, 0) is 6.92 Å². The number of nitrogens with one attached hydrogen (secondary N) is 3. The number of H-pyrrole nitrogens is 1. The van der Waals surface area contributed by atoms with Gasteiger partial charge in [0.2, 0.25) is 0 Å². The van der Waals surface area contributed by atoms with E-state index in [1.807, 2.05) is 6.92 Å². The first-order valence-corrected chi connectivity index (χ1v) is 5.61. The molecule has 2 heterocycles. The van der Waals surface area contributed by atoms with E-state index < -0.39 is 0 Å². The Morgan fingerprint density at radius 2 is 2.22 bits per heavy atom. The van der Waals surface area contributed by atoms with Crippen LogP contribution in [0.3, 0.4) is 0 Å². The lowest BCUT2D eigenvalue weighted by Gasteiger charge is -2.04. The molecule has 0 saturated carbocycles. The van der Waals surface area contributed by atoms with Gasteiger partial charge in [-0.25, -0.2) is 9.97 Å². The van der Waals surface area contributed by atoms with Crippen LogP contribution in [0.2, 0.25) is 0 Å². The molecule has 0 aromatic carbocycles. The second kappa shape index (κ2) is 5.76. The van der Waals surface area contributed by atoms with Gasteiger partial charge in [-0.2, -0.15) is 5.10 Å². The van der Waals surface area contributed by atoms with Crippen molar-refractivity contribution >= 4 is 11.7 Å². The van der Waals surface area contributed by atoms with Crippen LogP contribution in [-0.2, 0) is 6.54 Å². The third-order valence-corrected chi connectivity index (χ3v) is 2.25. The molecule has 0 aliphatic heterocycles. The maximum atomic E-state index is 11.7. The summed E-state index contributed by atoms with van der Waals surface area (Å²) in [5.41, 5.74) is 1.20. The van der Waals surface area contributed by atoms with Gasteiger partial charge in [-0.15, -0.1) is 0 Å². The van der Waals surface area contributed by atoms with E-state index in [4.69, 9.17) is 0 Å².